The summed E-state index contributed by atoms with van der Waals surface area (Å²) in [5.74, 6) is 2.94. The van der Waals surface area contributed by atoms with Gasteiger partial charge in [-0.05, 0) is 79.4 Å². The van der Waals surface area contributed by atoms with Crippen molar-refractivity contribution in [3.05, 3.63) is 48.5 Å². The number of hydrogen-bond donors (Lipinski definition) is 1. The lowest BCUT2D eigenvalue weighted by atomic mass is 9.46. The molecule has 3 saturated carbocycles. The van der Waals surface area contributed by atoms with Crippen molar-refractivity contribution in [2.45, 2.75) is 70.2 Å². The van der Waals surface area contributed by atoms with Crippen LogP contribution in [0.15, 0.2) is 53.4 Å². The summed E-state index contributed by atoms with van der Waals surface area (Å²) in [6.07, 6.45) is 13.9. The van der Waals surface area contributed by atoms with Crippen molar-refractivity contribution in [3.63, 3.8) is 0 Å². The van der Waals surface area contributed by atoms with Gasteiger partial charge in [0.2, 0.25) is 5.88 Å². The Morgan fingerprint density at radius 2 is 1.79 bits per heavy atom. The zero-order valence-electron chi connectivity index (χ0n) is 22.6. The molecule has 38 heavy (non-hydrogen) atoms. The Morgan fingerprint density at radius 1 is 1.03 bits per heavy atom. The highest BCUT2D eigenvalue weighted by molar-refractivity contribution is 7.90. The second-order valence-corrected chi connectivity index (χ2v) is 14.6. The number of aromatic nitrogens is 2. The number of ether oxygens (including phenoxy) is 1. The van der Waals surface area contributed by atoms with Gasteiger partial charge in [0.1, 0.15) is 0 Å². The number of benzene rings is 1. The van der Waals surface area contributed by atoms with Crippen LogP contribution in [0.1, 0.15) is 59.3 Å². The summed E-state index contributed by atoms with van der Waals surface area (Å²) in [6, 6.07) is 6.65. The number of nitrogens with zero attached hydrogens (tertiary/aromatic N) is 2. The van der Waals surface area contributed by atoms with Crippen molar-refractivity contribution in [2.75, 3.05) is 6.26 Å². The Labute approximate surface area is 225 Å². The summed E-state index contributed by atoms with van der Waals surface area (Å²) in [5.41, 5.74) is 1.67. The van der Waals surface area contributed by atoms with Crippen molar-refractivity contribution in [3.8, 4) is 17.1 Å². The third-order valence-corrected chi connectivity index (χ3v) is 11.4. The van der Waals surface area contributed by atoms with Crippen LogP contribution in [0.5, 0.6) is 5.88 Å². The largest absolute Gasteiger partial charge is 0.432 e. The van der Waals surface area contributed by atoms with Gasteiger partial charge in [0, 0.05) is 23.3 Å². The van der Waals surface area contributed by atoms with E-state index < -0.39 is 9.84 Å². The van der Waals surface area contributed by atoms with Gasteiger partial charge >= 0.3 is 0 Å². The molecule has 1 aromatic carbocycles. The van der Waals surface area contributed by atoms with Crippen LogP contribution in [0.25, 0.3) is 11.3 Å². The predicted molar refractivity (Wildman–Crippen MR) is 145 cm³/mol. The van der Waals surface area contributed by atoms with Crippen LogP contribution in [-0.4, -0.2) is 36.6 Å². The van der Waals surface area contributed by atoms with Crippen LogP contribution < -0.4 is 10.1 Å². The number of carbonyl (C=O) groups is 1. The number of sulfone groups is 1. The Balaban J connectivity index is 1.24. The first-order valence-corrected chi connectivity index (χ1v) is 15.7. The molecule has 6 rings (SSSR count). The van der Waals surface area contributed by atoms with Gasteiger partial charge in [-0.25, -0.2) is 18.4 Å². The molecule has 8 heteroatoms. The van der Waals surface area contributed by atoms with Crippen molar-refractivity contribution < 1.29 is 17.9 Å². The van der Waals surface area contributed by atoms with Crippen LogP contribution in [-0.2, 0) is 14.6 Å². The topological polar surface area (TPSA) is 98.2 Å². The molecule has 1 aliphatic heterocycles. The first kappa shape index (κ1) is 25.5. The minimum Gasteiger partial charge on any atom is -0.432 e. The molecular formula is C30H37N3O4S. The molecule has 1 N–H and O–H groups in total. The Bertz CT molecular complexity index is 1390. The maximum absolute atomic E-state index is 13.1. The first-order valence-electron chi connectivity index (χ1n) is 13.8. The highest BCUT2D eigenvalue weighted by atomic mass is 32.2. The van der Waals surface area contributed by atoms with Crippen LogP contribution in [0.4, 0.5) is 0 Å². The predicted octanol–water partition coefficient (Wildman–Crippen LogP) is 5.19. The van der Waals surface area contributed by atoms with Gasteiger partial charge in [-0.15, -0.1) is 0 Å². The average molecular weight is 536 g/mol. The van der Waals surface area contributed by atoms with E-state index in [-0.39, 0.29) is 28.1 Å². The second-order valence-electron chi connectivity index (χ2n) is 12.6. The number of fused-ring (bicyclic) bond motifs is 5. The van der Waals surface area contributed by atoms with E-state index in [0.717, 1.165) is 17.9 Å². The molecule has 1 amide bonds. The van der Waals surface area contributed by atoms with Crippen molar-refractivity contribution in [1.29, 1.82) is 0 Å². The van der Waals surface area contributed by atoms with Crippen molar-refractivity contribution >= 4 is 15.7 Å². The van der Waals surface area contributed by atoms with Gasteiger partial charge in [-0.1, -0.05) is 39.3 Å². The van der Waals surface area contributed by atoms with Crippen LogP contribution in [0.3, 0.4) is 0 Å². The fourth-order valence-corrected chi connectivity index (χ4v) is 8.95. The number of rotatable bonds is 4. The van der Waals surface area contributed by atoms with Crippen molar-refractivity contribution in [1.82, 2.24) is 15.3 Å². The van der Waals surface area contributed by atoms with E-state index in [9.17, 15) is 13.2 Å². The van der Waals surface area contributed by atoms with Gasteiger partial charge < -0.3 is 10.1 Å². The molecule has 7 atom stereocenters. The average Bonchev–Trinajstić information content (AvgIpc) is 3.27. The maximum atomic E-state index is 13.1. The standard InChI is InChI=1S/C30H37N3O4S/c1-18-14-25-30(3,22-11-13-29(2)12-5-6-21(29)27(18)22)15-24(28(34)33-25)37-26-17-31-23(16-32-26)19-7-9-20(10-8-19)38(4,35)36/h7-10,15-18,21-22,25,27H,5-6,11-14H2,1-4H3,(H,33,34)/t18-,21-,22-,25+,27-,29-,30+/m0/s1. The minimum atomic E-state index is -3.26. The first-order chi connectivity index (χ1) is 18.0. The van der Waals surface area contributed by atoms with Gasteiger partial charge in [-0.3, -0.25) is 4.79 Å². The fourth-order valence-electron chi connectivity index (χ4n) is 8.32. The monoisotopic (exact) mass is 535 g/mol. The van der Waals surface area contributed by atoms with E-state index in [1.54, 1.807) is 30.5 Å². The Kier molecular flexibility index (Phi) is 5.98. The number of amides is 1. The van der Waals surface area contributed by atoms with Crippen LogP contribution in [0, 0.1) is 34.5 Å². The number of carbonyl (C=O) groups excluding carboxylic acids is 1. The highest BCUT2D eigenvalue weighted by Gasteiger charge is 2.60. The van der Waals surface area contributed by atoms with E-state index in [0.29, 0.717) is 34.6 Å². The highest BCUT2D eigenvalue weighted by Crippen LogP contribution is 2.64. The third-order valence-electron chi connectivity index (χ3n) is 10.3. The quantitative estimate of drug-likeness (QED) is 0.579. The summed E-state index contributed by atoms with van der Waals surface area (Å²) >= 11 is 0. The maximum Gasteiger partial charge on any atom is 0.287 e. The van der Waals surface area contributed by atoms with E-state index in [1.807, 2.05) is 0 Å². The lowest BCUT2D eigenvalue weighted by molar-refractivity contribution is -0.128. The lowest BCUT2D eigenvalue weighted by Gasteiger charge is -2.60. The van der Waals surface area contributed by atoms with E-state index in [2.05, 4.69) is 42.1 Å². The molecule has 0 saturated heterocycles. The Morgan fingerprint density at radius 3 is 2.47 bits per heavy atom. The van der Waals surface area contributed by atoms with Gasteiger partial charge in [0.05, 0.1) is 23.0 Å². The zero-order chi connectivity index (χ0) is 26.9. The lowest BCUT2D eigenvalue weighted by Crippen LogP contribution is -2.62. The second kappa shape index (κ2) is 8.90. The number of nitrogens with one attached hydrogen (secondary N) is 1. The normalized spacial score (nSPS) is 36.4. The van der Waals surface area contributed by atoms with Gasteiger partial charge in [0.15, 0.2) is 15.6 Å². The molecule has 202 valence electrons. The Hall–Kier alpha value is -2.74. The summed E-state index contributed by atoms with van der Waals surface area (Å²) in [6.45, 7) is 7.23. The molecule has 4 aliphatic rings. The van der Waals surface area contributed by atoms with E-state index >= 15 is 0 Å². The van der Waals surface area contributed by atoms with Crippen LogP contribution in [0.2, 0.25) is 0 Å². The number of hydrogen-bond acceptors (Lipinski definition) is 6. The molecule has 3 fully saturated rings. The SMILES string of the molecule is C[C@H]1C[C@H]2NC(=O)C(Oc3cnc(-c4ccc(S(C)(=O)=O)cc4)cn3)=C[C@]2(C)[C@H]2CC[C@]3(C)CCC[C@H]3[C@H]12. The van der Waals surface area contributed by atoms with E-state index in [4.69, 9.17) is 4.74 Å². The van der Waals surface area contributed by atoms with E-state index in [1.165, 1.54) is 44.6 Å². The third kappa shape index (κ3) is 4.16. The minimum absolute atomic E-state index is 0.118. The molecule has 0 bridgehead atoms. The summed E-state index contributed by atoms with van der Waals surface area (Å²) in [7, 11) is -3.26. The molecule has 0 unspecified atom stereocenters. The smallest absolute Gasteiger partial charge is 0.287 e. The molecule has 2 aromatic rings. The molecule has 0 spiro atoms. The molecular weight excluding hydrogens is 498 g/mol. The van der Waals surface area contributed by atoms with Crippen molar-refractivity contribution in [2.24, 2.45) is 34.5 Å². The molecule has 0 radical (unpaired) electrons. The molecule has 2 heterocycles. The summed E-state index contributed by atoms with van der Waals surface area (Å²) in [4.78, 5) is 22.2. The fraction of sp³-hybridized carbons (Fsp3) is 0.567. The van der Waals surface area contributed by atoms with Gasteiger partial charge in [-0.2, -0.15) is 0 Å². The van der Waals surface area contributed by atoms with Gasteiger partial charge in [0.25, 0.3) is 5.91 Å². The van der Waals surface area contributed by atoms with Crippen LogP contribution >= 0.6 is 0 Å². The molecule has 7 nitrogen and oxygen atoms in total. The summed E-state index contributed by atoms with van der Waals surface area (Å²) < 4.78 is 29.5. The molecule has 3 aliphatic carbocycles. The molecule has 1 aromatic heterocycles. The zero-order valence-corrected chi connectivity index (χ0v) is 23.4. The summed E-state index contributed by atoms with van der Waals surface area (Å²) in [5, 5.41) is 3.29.